The van der Waals surface area contributed by atoms with Crippen LogP contribution in [0, 0.1) is 0 Å². The first-order chi connectivity index (χ1) is 10.9. The SMILES string of the molecule is Cl.O=C(CCNS(=O)(=O)c1c(Cl)cccc1Cl)NC1CCNCC1. The fourth-order valence-corrected chi connectivity index (χ4v) is 4.55. The van der Waals surface area contributed by atoms with E-state index in [0.29, 0.717) is 0 Å². The summed E-state index contributed by atoms with van der Waals surface area (Å²) in [6.45, 7) is 1.74. The average molecular weight is 417 g/mol. The van der Waals surface area contributed by atoms with E-state index >= 15 is 0 Å². The third kappa shape index (κ3) is 6.06. The highest BCUT2D eigenvalue weighted by Crippen LogP contribution is 2.28. The molecule has 0 aliphatic carbocycles. The van der Waals surface area contributed by atoms with Crippen molar-refractivity contribution in [3.05, 3.63) is 28.2 Å². The Labute approximate surface area is 158 Å². The first kappa shape index (κ1) is 21.5. The lowest BCUT2D eigenvalue weighted by molar-refractivity contribution is -0.121. The molecule has 1 aromatic rings. The summed E-state index contributed by atoms with van der Waals surface area (Å²) in [5, 5.41) is 6.20. The molecule has 1 fully saturated rings. The minimum Gasteiger partial charge on any atom is -0.353 e. The van der Waals surface area contributed by atoms with Gasteiger partial charge in [-0.2, -0.15) is 0 Å². The molecule has 1 amide bonds. The lowest BCUT2D eigenvalue weighted by Gasteiger charge is -2.23. The fourth-order valence-electron chi connectivity index (χ4n) is 2.38. The minimum absolute atomic E-state index is 0. The monoisotopic (exact) mass is 415 g/mol. The van der Waals surface area contributed by atoms with Crippen molar-refractivity contribution in [2.75, 3.05) is 19.6 Å². The summed E-state index contributed by atoms with van der Waals surface area (Å²) in [5.41, 5.74) is 0. The normalized spacial score (nSPS) is 15.6. The summed E-state index contributed by atoms with van der Waals surface area (Å²) >= 11 is 11.8. The van der Waals surface area contributed by atoms with Crippen molar-refractivity contribution >= 4 is 51.5 Å². The molecule has 1 aromatic carbocycles. The van der Waals surface area contributed by atoms with Crippen LogP contribution in [0.15, 0.2) is 23.1 Å². The quantitative estimate of drug-likeness (QED) is 0.661. The number of amides is 1. The van der Waals surface area contributed by atoms with E-state index in [1.807, 2.05) is 0 Å². The summed E-state index contributed by atoms with van der Waals surface area (Å²) in [6, 6.07) is 4.62. The molecule has 0 bridgehead atoms. The van der Waals surface area contributed by atoms with Gasteiger partial charge in [0.05, 0.1) is 10.0 Å². The molecule has 0 atom stereocenters. The lowest BCUT2D eigenvalue weighted by atomic mass is 10.1. The van der Waals surface area contributed by atoms with Crippen LogP contribution < -0.4 is 15.4 Å². The molecule has 6 nitrogen and oxygen atoms in total. The van der Waals surface area contributed by atoms with Crippen LogP contribution in [0.3, 0.4) is 0 Å². The highest BCUT2D eigenvalue weighted by molar-refractivity contribution is 7.89. The number of carbonyl (C=O) groups is 1. The van der Waals surface area contributed by atoms with Gasteiger partial charge in [-0.25, -0.2) is 13.1 Å². The predicted molar refractivity (Wildman–Crippen MR) is 97.5 cm³/mol. The maximum Gasteiger partial charge on any atom is 0.243 e. The number of sulfonamides is 1. The molecular weight excluding hydrogens is 397 g/mol. The third-order valence-electron chi connectivity index (χ3n) is 3.54. The second-order valence-corrected chi connectivity index (χ2v) is 7.81. The first-order valence-electron chi connectivity index (χ1n) is 7.34. The molecule has 1 saturated heterocycles. The van der Waals surface area contributed by atoms with Gasteiger partial charge in [-0.1, -0.05) is 29.3 Å². The largest absolute Gasteiger partial charge is 0.353 e. The summed E-state index contributed by atoms with van der Waals surface area (Å²) in [4.78, 5) is 11.7. The van der Waals surface area contributed by atoms with Crippen molar-refractivity contribution in [1.29, 1.82) is 0 Å². The number of rotatable bonds is 6. The van der Waals surface area contributed by atoms with Crippen molar-refractivity contribution in [3.63, 3.8) is 0 Å². The second-order valence-electron chi connectivity index (χ2n) is 5.29. The van der Waals surface area contributed by atoms with Gasteiger partial charge in [0, 0.05) is 19.0 Å². The van der Waals surface area contributed by atoms with Gasteiger partial charge in [-0.05, 0) is 38.1 Å². The maximum absolute atomic E-state index is 12.2. The van der Waals surface area contributed by atoms with Crippen molar-refractivity contribution in [2.24, 2.45) is 0 Å². The number of halogens is 3. The Balaban J connectivity index is 0.00000288. The van der Waals surface area contributed by atoms with Crippen LogP contribution in [0.25, 0.3) is 0 Å². The van der Waals surface area contributed by atoms with Gasteiger partial charge < -0.3 is 10.6 Å². The van der Waals surface area contributed by atoms with Crippen molar-refractivity contribution in [3.8, 4) is 0 Å². The number of hydrogen-bond donors (Lipinski definition) is 3. The molecule has 0 radical (unpaired) electrons. The zero-order chi connectivity index (χ0) is 16.9. The van der Waals surface area contributed by atoms with Gasteiger partial charge in [0.2, 0.25) is 15.9 Å². The molecule has 2 rings (SSSR count). The topological polar surface area (TPSA) is 87.3 Å². The van der Waals surface area contributed by atoms with Crippen LogP contribution in [-0.4, -0.2) is 40.0 Å². The summed E-state index contributed by atoms with van der Waals surface area (Å²) in [5.74, 6) is -0.176. The Morgan fingerprint density at radius 3 is 2.38 bits per heavy atom. The molecule has 0 aromatic heterocycles. The Kier molecular flexibility index (Phi) is 8.76. The van der Waals surface area contributed by atoms with E-state index < -0.39 is 10.0 Å². The number of carbonyl (C=O) groups excluding carboxylic acids is 1. The zero-order valence-electron chi connectivity index (χ0n) is 12.8. The van der Waals surface area contributed by atoms with Gasteiger partial charge in [-0.15, -0.1) is 12.4 Å². The smallest absolute Gasteiger partial charge is 0.243 e. The van der Waals surface area contributed by atoms with Crippen molar-refractivity contribution in [1.82, 2.24) is 15.4 Å². The molecule has 10 heteroatoms. The fraction of sp³-hybridized carbons (Fsp3) is 0.500. The van der Waals surface area contributed by atoms with Crippen molar-refractivity contribution in [2.45, 2.75) is 30.2 Å². The van der Waals surface area contributed by atoms with E-state index in [-0.39, 0.29) is 52.3 Å². The van der Waals surface area contributed by atoms with Crippen LogP contribution in [0.4, 0.5) is 0 Å². The standard InChI is InChI=1S/C14H19Cl2N3O3S.ClH/c15-11-2-1-3-12(16)14(11)23(21,22)18-9-6-13(20)19-10-4-7-17-8-5-10;/h1-3,10,17-18H,4-9H2,(H,19,20);1H. The van der Waals surface area contributed by atoms with Gasteiger partial charge in [0.15, 0.2) is 0 Å². The molecule has 0 spiro atoms. The van der Waals surface area contributed by atoms with E-state index in [1.54, 1.807) is 6.07 Å². The lowest BCUT2D eigenvalue weighted by Crippen LogP contribution is -2.43. The summed E-state index contributed by atoms with van der Waals surface area (Å²) < 4.78 is 26.8. The van der Waals surface area contributed by atoms with Crippen molar-refractivity contribution < 1.29 is 13.2 Å². The van der Waals surface area contributed by atoms with Crippen LogP contribution >= 0.6 is 35.6 Å². The van der Waals surface area contributed by atoms with Crippen LogP contribution in [0.2, 0.25) is 10.0 Å². The molecule has 3 N–H and O–H groups in total. The molecule has 0 saturated carbocycles. The number of piperidine rings is 1. The Bertz CT molecular complexity index is 644. The molecular formula is C14H20Cl3N3O3S. The Morgan fingerprint density at radius 2 is 1.79 bits per heavy atom. The third-order valence-corrected chi connectivity index (χ3v) is 5.95. The molecule has 1 aliphatic rings. The highest BCUT2D eigenvalue weighted by atomic mass is 35.5. The van der Waals surface area contributed by atoms with Crippen LogP contribution in [0.1, 0.15) is 19.3 Å². The van der Waals surface area contributed by atoms with Gasteiger partial charge in [-0.3, -0.25) is 4.79 Å². The van der Waals surface area contributed by atoms with Crippen LogP contribution in [0.5, 0.6) is 0 Å². The molecule has 136 valence electrons. The summed E-state index contributed by atoms with van der Waals surface area (Å²) in [6.07, 6.45) is 1.82. The van der Waals surface area contributed by atoms with E-state index in [2.05, 4.69) is 15.4 Å². The van der Waals surface area contributed by atoms with E-state index in [9.17, 15) is 13.2 Å². The summed E-state index contributed by atoms with van der Waals surface area (Å²) in [7, 11) is -3.85. The highest BCUT2D eigenvalue weighted by Gasteiger charge is 2.22. The average Bonchev–Trinajstić information content (AvgIpc) is 2.47. The minimum atomic E-state index is -3.85. The van der Waals surface area contributed by atoms with Gasteiger partial charge in [0.1, 0.15) is 4.90 Å². The van der Waals surface area contributed by atoms with Gasteiger partial charge in [0.25, 0.3) is 0 Å². The second kappa shape index (κ2) is 9.79. The van der Waals surface area contributed by atoms with Crippen LogP contribution in [-0.2, 0) is 14.8 Å². The van der Waals surface area contributed by atoms with E-state index in [1.165, 1.54) is 12.1 Å². The molecule has 1 aliphatic heterocycles. The van der Waals surface area contributed by atoms with E-state index in [0.717, 1.165) is 25.9 Å². The number of hydrogen-bond acceptors (Lipinski definition) is 4. The number of benzene rings is 1. The van der Waals surface area contributed by atoms with E-state index in [4.69, 9.17) is 23.2 Å². The predicted octanol–water partition coefficient (Wildman–Crippen LogP) is 1.95. The Hall–Kier alpha value is -0.570. The molecule has 24 heavy (non-hydrogen) atoms. The first-order valence-corrected chi connectivity index (χ1v) is 9.58. The molecule has 1 heterocycles. The van der Waals surface area contributed by atoms with Gasteiger partial charge >= 0.3 is 0 Å². The Morgan fingerprint density at radius 1 is 1.21 bits per heavy atom. The number of nitrogens with one attached hydrogen (secondary N) is 3. The zero-order valence-corrected chi connectivity index (χ0v) is 16.0. The molecule has 0 unspecified atom stereocenters. The maximum atomic E-state index is 12.2.